The van der Waals surface area contributed by atoms with Gasteiger partial charge < -0.3 is 21.8 Å². The summed E-state index contributed by atoms with van der Waals surface area (Å²) in [5.74, 6) is -0.665. The number of hydrogen-bond donors (Lipinski definition) is 3. The van der Waals surface area contributed by atoms with Crippen LogP contribution in [0.3, 0.4) is 0 Å². The van der Waals surface area contributed by atoms with Crippen molar-refractivity contribution in [1.82, 2.24) is 9.97 Å². The quantitative estimate of drug-likeness (QED) is 0.293. The van der Waals surface area contributed by atoms with Crippen molar-refractivity contribution >= 4 is 28.2 Å². The van der Waals surface area contributed by atoms with Gasteiger partial charge in [-0.1, -0.05) is 22.1 Å². The molecule has 1 heterocycles. The van der Waals surface area contributed by atoms with Gasteiger partial charge >= 0.3 is 28.2 Å². The average Bonchev–Trinajstić information content (AvgIpc) is 2.32. The van der Waals surface area contributed by atoms with Crippen molar-refractivity contribution in [3.05, 3.63) is 25.3 Å². The lowest BCUT2D eigenvalue weighted by Crippen LogP contribution is -2.51. The maximum absolute atomic E-state index is 10.6. The molecule has 0 saturated carbocycles. The Morgan fingerprint density at radius 2 is 1.67 bits per heavy atom. The van der Waals surface area contributed by atoms with Crippen molar-refractivity contribution in [2.75, 3.05) is 29.5 Å². The molecule has 118 valence electrons. The summed E-state index contributed by atoms with van der Waals surface area (Å²) in [5.41, 5.74) is 11.0. The second kappa shape index (κ2) is 7.37. The van der Waals surface area contributed by atoms with Gasteiger partial charge in [0.2, 0.25) is 0 Å². The van der Waals surface area contributed by atoms with E-state index in [9.17, 15) is 8.42 Å². The van der Waals surface area contributed by atoms with Crippen LogP contribution in [-0.2, 0) is 10.4 Å². The minimum absolute atomic E-state index is 0. The third kappa shape index (κ3) is 5.21. The van der Waals surface area contributed by atoms with E-state index in [1.165, 1.54) is 0 Å². The molecule has 1 aromatic heterocycles. The molecule has 0 fully saturated rings. The molecule has 21 heavy (non-hydrogen) atoms. The number of nitrogen functional groups attached to an aromatic ring is 2. The van der Waals surface area contributed by atoms with E-state index in [1.54, 1.807) is 17.1 Å². The van der Waals surface area contributed by atoms with Gasteiger partial charge in [-0.25, -0.2) is 4.28 Å². The van der Waals surface area contributed by atoms with Crippen LogP contribution < -0.4 is 25.4 Å². The number of rotatable bonds is 7. The highest BCUT2D eigenvalue weighted by Gasteiger charge is 2.23. The molecule has 0 aliphatic carbocycles. The largest absolute Gasteiger partial charge is 0.870 e. The lowest BCUT2D eigenvalue weighted by atomic mass is 10.4. The van der Waals surface area contributed by atoms with Crippen LogP contribution in [0.1, 0.15) is 0 Å². The zero-order valence-corrected chi connectivity index (χ0v) is 11.8. The second-order valence-corrected chi connectivity index (χ2v) is 4.52. The van der Waals surface area contributed by atoms with E-state index in [1.807, 2.05) is 0 Å². The van der Waals surface area contributed by atoms with Crippen LogP contribution in [0.4, 0.5) is 17.8 Å². The molecule has 0 aliphatic heterocycles. The summed E-state index contributed by atoms with van der Waals surface area (Å²) >= 11 is 0. The van der Waals surface area contributed by atoms with Gasteiger partial charge in [-0.15, -0.1) is 13.2 Å². The predicted octanol–water partition coefficient (Wildman–Crippen LogP) is -1.84. The van der Waals surface area contributed by atoms with Gasteiger partial charge in [-0.2, -0.15) is 8.42 Å². The van der Waals surface area contributed by atoms with E-state index >= 15 is 0 Å². The maximum atomic E-state index is 10.6. The molecule has 1 rings (SSSR count). The van der Waals surface area contributed by atoms with Gasteiger partial charge in [-0.05, 0) is 4.73 Å². The molecule has 0 saturated heterocycles. The van der Waals surface area contributed by atoms with E-state index in [-0.39, 0.29) is 11.4 Å². The molecular formula is C9H16N6O5S. The van der Waals surface area contributed by atoms with Crippen molar-refractivity contribution in [3.63, 3.8) is 0 Å². The van der Waals surface area contributed by atoms with Crippen molar-refractivity contribution in [3.8, 4) is 0 Å². The molecule has 11 nitrogen and oxygen atoms in total. The minimum Gasteiger partial charge on any atom is -0.870 e. The summed E-state index contributed by atoms with van der Waals surface area (Å²) in [4.78, 5) is 9.30. The molecule has 0 radical (unpaired) electrons. The molecular weight excluding hydrogens is 304 g/mol. The molecule has 12 heteroatoms. The molecule has 0 aliphatic rings. The molecule has 0 atom stereocenters. The normalized spacial score (nSPS) is 10.3. The van der Waals surface area contributed by atoms with Crippen molar-refractivity contribution in [2.24, 2.45) is 0 Å². The second-order valence-electron chi connectivity index (χ2n) is 3.52. The maximum Gasteiger partial charge on any atom is 0.472 e. The smallest absolute Gasteiger partial charge is 0.472 e. The Labute approximate surface area is 121 Å². The van der Waals surface area contributed by atoms with Crippen LogP contribution >= 0.6 is 0 Å². The fourth-order valence-electron chi connectivity index (χ4n) is 1.30. The molecule has 0 amide bonds. The minimum atomic E-state index is -4.80. The summed E-state index contributed by atoms with van der Waals surface area (Å²) in [6.45, 7) is 7.96. The van der Waals surface area contributed by atoms with Crippen molar-refractivity contribution < 1.29 is 27.5 Å². The van der Waals surface area contributed by atoms with E-state index in [4.69, 9.17) is 16.0 Å². The first kappa shape index (κ1) is 18.6. The fraction of sp³-hybridized carbons (Fsp3) is 0.222. The highest BCUT2D eigenvalue weighted by atomic mass is 32.3. The van der Waals surface area contributed by atoms with Crippen LogP contribution in [0, 0.1) is 0 Å². The SMILES string of the molecule is C=CCN(CC=C)c1nc(N)[n+](OS(=O)(=O)O)c(N)n1.[OH-]. The van der Waals surface area contributed by atoms with Gasteiger partial charge in [-0.3, -0.25) is 4.55 Å². The van der Waals surface area contributed by atoms with Crippen molar-refractivity contribution in [1.29, 1.82) is 0 Å². The van der Waals surface area contributed by atoms with Crippen molar-refractivity contribution in [2.45, 2.75) is 0 Å². The number of hydrogen-bond acceptors (Lipinski definition) is 9. The topological polar surface area (TPSA) is 179 Å². The zero-order valence-electron chi connectivity index (χ0n) is 11.0. The predicted molar refractivity (Wildman–Crippen MR) is 73.7 cm³/mol. The first-order chi connectivity index (χ1) is 9.28. The molecule has 1 aromatic rings. The summed E-state index contributed by atoms with van der Waals surface area (Å²) in [7, 11) is -4.80. The van der Waals surface area contributed by atoms with Gasteiger partial charge in [0, 0.05) is 13.1 Å². The molecule has 0 bridgehead atoms. The standard InChI is InChI=1S/C9H14N6O4S.H2O/c1-3-5-14(6-4-2)9-12-7(10)15(8(11)13-9)19-20(16,17)18;/h3-4H,1-2,5-6H2,(H4,10,11,12,13,16,17,18);1H2. The number of anilines is 3. The van der Waals surface area contributed by atoms with Crippen LogP contribution in [-0.4, -0.2) is 41.5 Å². The number of aromatic nitrogens is 3. The first-order valence-electron chi connectivity index (χ1n) is 5.27. The number of nitrogens with two attached hydrogens (primary N) is 2. The lowest BCUT2D eigenvalue weighted by Gasteiger charge is -2.16. The van der Waals surface area contributed by atoms with E-state index in [0.29, 0.717) is 17.8 Å². The highest BCUT2D eigenvalue weighted by Crippen LogP contribution is 2.09. The van der Waals surface area contributed by atoms with E-state index in [0.717, 1.165) is 0 Å². The van der Waals surface area contributed by atoms with Gasteiger partial charge in [0.1, 0.15) is 0 Å². The Morgan fingerprint density at radius 1 is 1.24 bits per heavy atom. The van der Waals surface area contributed by atoms with Crippen LogP contribution in [0.15, 0.2) is 25.3 Å². The summed E-state index contributed by atoms with van der Waals surface area (Å²) in [6.07, 6.45) is 3.21. The van der Waals surface area contributed by atoms with Crippen LogP contribution in [0.2, 0.25) is 0 Å². The van der Waals surface area contributed by atoms with E-state index in [2.05, 4.69) is 27.4 Å². The Morgan fingerprint density at radius 3 is 2.00 bits per heavy atom. The monoisotopic (exact) mass is 320 g/mol. The van der Waals surface area contributed by atoms with Gasteiger partial charge in [0.25, 0.3) is 0 Å². The average molecular weight is 320 g/mol. The van der Waals surface area contributed by atoms with Gasteiger partial charge in [0.15, 0.2) is 0 Å². The summed E-state index contributed by atoms with van der Waals surface area (Å²) < 4.78 is 34.4. The Balaban J connectivity index is 0.00000400. The van der Waals surface area contributed by atoms with Gasteiger partial charge in [0.05, 0.1) is 0 Å². The third-order valence-corrected chi connectivity index (χ3v) is 2.33. The molecule has 6 N–H and O–H groups in total. The summed E-state index contributed by atoms with van der Waals surface area (Å²) in [5, 5.41) is 0. The lowest BCUT2D eigenvalue weighted by molar-refractivity contribution is -0.836. The Hall–Kier alpha value is -2.44. The first-order valence-corrected chi connectivity index (χ1v) is 6.64. The van der Waals surface area contributed by atoms with E-state index < -0.39 is 22.3 Å². The molecule has 0 unspecified atom stereocenters. The number of nitrogens with zero attached hydrogens (tertiary/aromatic N) is 4. The Bertz CT molecular complexity index is 586. The molecule has 0 spiro atoms. The summed E-state index contributed by atoms with van der Waals surface area (Å²) in [6, 6.07) is 0. The molecule has 0 aromatic carbocycles. The van der Waals surface area contributed by atoms with Crippen LogP contribution in [0.25, 0.3) is 0 Å². The zero-order chi connectivity index (χ0) is 15.3. The highest BCUT2D eigenvalue weighted by molar-refractivity contribution is 7.80. The third-order valence-electron chi connectivity index (χ3n) is 2.00. The Kier molecular flexibility index (Phi) is 6.51. The van der Waals surface area contributed by atoms with Crippen LogP contribution in [0.5, 0.6) is 0 Å². The fourth-order valence-corrected chi connectivity index (χ4v) is 1.64.